The second-order valence-electron chi connectivity index (χ2n) is 5.97. The number of pyridine rings is 1. The summed E-state index contributed by atoms with van der Waals surface area (Å²) in [7, 11) is 0. The number of nitrogens with zero attached hydrogens (tertiary/aromatic N) is 5. The number of carbonyl (C=O) groups excluding carboxylic acids is 1. The van der Waals surface area contributed by atoms with Crippen molar-refractivity contribution in [3.8, 4) is 11.9 Å². The minimum atomic E-state index is -0.614. The summed E-state index contributed by atoms with van der Waals surface area (Å²) in [5, 5.41) is 15.6. The molecule has 2 heterocycles. The molecule has 0 aliphatic rings. The molecule has 0 aliphatic heterocycles. The lowest BCUT2D eigenvalue weighted by Gasteiger charge is -2.21. The third kappa shape index (κ3) is 4.26. The van der Waals surface area contributed by atoms with Gasteiger partial charge in [-0.25, -0.2) is 14.8 Å². The van der Waals surface area contributed by atoms with Crippen LogP contribution in [-0.2, 0) is 4.74 Å². The van der Waals surface area contributed by atoms with Gasteiger partial charge in [-0.1, -0.05) is 0 Å². The maximum Gasteiger partial charge on any atom is 0.408 e. The van der Waals surface area contributed by atoms with E-state index in [2.05, 4.69) is 20.4 Å². The van der Waals surface area contributed by atoms with Crippen molar-refractivity contribution < 1.29 is 9.53 Å². The third-order valence-corrected chi connectivity index (χ3v) is 2.79. The van der Waals surface area contributed by atoms with Gasteiger partial charge in [-0.3, -0.25) is 0 Å². The normalized spacial score (nSPS) is 12.3. The Bertz CT molecular complexity index is 724. The first-order valence-electron chi connectivity index (χ1n) is 7.05. The highest BCUT2D eigenvalue weighted by Gasteiger charge is 2.21. The number of hydrogen-bond donors (Lipinski definition) is 1. The Hall–Kier alpha value is -2.95. The van der Waals surface area contributed by atoms with Crippen LogP contribution in [0.2, 0.25) is 0 Å². The van der Waals surface area contributed by atoms with Gasteiger partial charge in [0.15, 0.2) is 17.7 Å². The molecule has 1 N–H and O–H groups in total. The van der Waals surface area contributed by atoms with E-state index in [4.69, 9.17) is 10.00 Å². The number of alkyl carbamates (subject to hydrolysis) is 1. The van der Waals surface area contributed by atoms with Crippen LogP contribution in [0.3, 0.4) is 0 Å². The van der Waals surface area contributed by atoms with Gasteiger partial charge in [-0.05, 0) is 39.8 Å². The monoisotopic (exact) mass is 314 g/mol. The first kappa shape index (κ1) is 16.4. The number of carbonyl (C=O) groups is 1. The third-order valence-electron chi connectivity index (χ3n) is 2.79. The molecule has 8 heteroatoms. The second-order valence-corrected chi connectivity index (χ2v) is 5.97. The lowest BCUT2D eigenvalue weighted by Crippen LogP contribution is -2.41. The summed E-state index contributed by atoms with van der Waals surface area (Å²) in [6, 6.07) is 5.28. The molecule has 120 valence electrons. The van der Waals surface area contributed by atoms with Crippen molar-refractivity contribution in [2.75, 3.05) is 0 Å². The van der Waals surface area contributed by atoms with Gasteiger partial charge in [0.1, 0.15) is 12.4 Å². The number of rotatable bonds is 3. The molecular weight excluding hydrogens is 296 g/mol. The van der Waals surface area contributed by atoms with Crippen molar-refractivity contribution in [2.45, 2.75) is 39.3 Å². The van der Waals surface area contributed by atoms with Gasteiger partial charge in [0.25, 0.3) is 0 Å². The molecule has 0 fully saturated rings. The molecule has 1 amide bonds. The van der Waals surface area contributed by atoms with Gasteiger partial charge < -0.3 is 10.1 Å². The molecular formula is C15H18N6O2. The van der Waals surface area contributed by atoms with Gasteiger partial charge >= 0.3 is 6.09 Å². The number of aromatic nitrogens is 4. The van der Waals surface area contributed by atoms with Crippen molar-refractivity contribution in [1.82, 2.24) is 25.1 Å². The zero-order chi connectivity index (χ0) is 17.0. The highest BCUT2D eigenvalue weighted by atomic mass is 16.6. The van der Waals surface area contributed by atoms with Crippen LogP contribution in [0.5, 0.6) is 0 Å². The average Bonchev–Trinajstić information content (AvgIpc) is 2.94. The van der Waals surface area contributed by atoms with E-state index < -0.39 is 12.2 Å². The number of nitriles is 1. The highest BCUT2D eigenvalue weighted by molar-refractivity contribution is 5.68. The second kappa shape index (κ2) is 6.44. The van der Waals surface area contributed by atoms with Crippen molar-refractivity contribution in [3.05, 3.63) is 36.0 Å². The van der Waals surface area contributed by atoms with Crippen LogP contribution < -0.4 is 5.32 Å². The molecule has 0 aliphatic carbocycles. The van der Waals surface area contributed by atoms with Gasteiger partial charge in [0.05, 0.1) is 5.56 Å². The largest absolute Gasteiger partial charge is 0.438 e. The SMILES string of the molecule is CC(OC(=O)NC(C)(C)C)c1ncnn1-c1ccc(C#N)cn1. The molecule has 2 aromatic rings. The molecule has 0 saturated carbocycles. The van der Waals surface area contributed by atoms with Crippen molar-refractivity contribution in [1.29, 1.82) is 5.26 Å². The fourth-order valence-corrected chi connectivity index (χ4v) is 1.83. The Labute approximate surface area is 134 Å². The molecule has 0 saturated heterocycles. The standard InChI is InChI=1S/C15H18N6O2/c1-10(23-14(22)20-15(2,3)4)13-18-9-19-21(13)12-6-5-11(7-16)8-17-12/h5-6,8-10H,1-4H3,(H,20,22). The minimum absolute atomic E-state index is 0.390. The maximum atomic E-state index is 11.9. The molecule has 1 atom stereocenters. The lowest BCUT2D eigenvalue weighted by atomic mass is 10.1. The topological polar surface area (TPSA) is 106 Å². The Morgan fingerprint density at radius 3 is 2.70 bits per heavy atom. The fraction of sp³-hybridized carbons (Fsp3) is 0.400. The molecule has 2 aromatic heterocycles. The summed E-state index contributed by atoms with van der Waals surface area (Å²) in [5.74, 6) is 0.925. The summed E-state index contributed by atoms with van der Waals surface area (Å²) in [5.41, 5.74) is 0.0587. The fourth-order valence-electron chi connectivity index (χ4n) is 1.83. The first-order chi connectivity index (χ1) is 10.8. The van der Waals surface area contributed by atoms with E-state index in [0.29, 0.717) is 17.2 Å². The Balaban J connectivity index is 2.16. The molecule has 0 radical (unpaired) electrons. The summed E-state index contributed by atoms with van der Waals surface area (Å²) in [6.45, 7) is 7.29. The molecule has 23 heavy (non-hydrogen) atoms. The molecule has 1 unspecified atom stereocenters. The average molecular weight is 314 g/mol. The van der Waals surface area contributed by atoms with Crippen LogP contribution in [0, 0.1) is 11.3 Å². The molecule has 0 bridgehead atoms. The van der Waals surface area contributed by atoms with E-state index in [1.165, 1.54) is 17.2 Å². The smallest absolute Gasteiger partial charge is 0.408 e. The van der Waals surface area contributed by atoms with E-state index in [0.717, 1.165) is 0 Å². The van der Waals surface area contributed by atoms with Crippen LogP contribution >= 0.6 is 0 Å². The van der Waals surface area contributed by atoms with E-state index in [1.54, 1.807) is 19.1 Å². The number of ether oxygens (including phenoxy) is 1. The summed E-state index contributed by atoms with van der Waals surface area (Å²) < 4.78 is 6.79. The Kier molecular flexibility index (Phi) is 4.60. The number of nitrogens with one attached hydrogen (secondary N) is 1. The van der Waals surface area contributed by atoms with E-state index in [9.17, 15) is 4.79 Å². The maximum absolute atomic E-state index is 11.9. The van der Waals surface area contributed by atoms with Crippen LogP contribution in [0.4, 0.5) is 4.79 Å². The van der Waals surface area contributed by atoms with Gasteiger partial charge in [0, 0.05) is 11.7 Å². The summed E-state index contributed by atoms with van der Waals surface area (Å²) in [4.78, 5) is 20.1. The molecule has 0 spiro atoms. The van der Waals surface area contributed by atoms with Crippen LogP contribution in [0.1, 0.15) is 45.2 Å². The minimum Gasteiger partial charge on any atom is -0.438 e. The first-order valence-corrected chi connectivity index (χ1v) is 7.05. The molecule has 0 aromatic carbocycles. The predicted molar refractivity (Wildman–Crippen MR) is 81.7 cm³/mol. The van der Waals surface area contributed by atoms with Crippen LogP contribution in [0.25, 0.3) is 5.82 Å². The Morgan fingerprint density at radius 1 is 1.39 bits per heavy atom. The highest BCUT2D eigenvalue weighted by Crippen LogP contribution is 2.17. The summed E-state index contributed by atoms with van der Waals surface area (Å²) in [6.07, 6.45) is 1.65. The number of hydrogen-bond acceptors (Lipinski definition) is 6. The zero-order valence-corrected chi connectivity index (χ0v) is 13.4. The molecule has 8 nitrogen and oxygen atoms in total. The van der Waals surface area contributed by atoms with Crippen molar-refractivity contribution in [3.63, 3.8) is 0 Å². The van der Waals surface area contributed by atoms with E-state index in [1.807, 2.05) is 26.8 Å². The van der Waals surface area contributed by atoms with E-state index >= 15 is 0 Å². The Morgan fingerprint density at radius 2 is 2.13 bits per heavy atom. The number of amides is 1. The van der Waals surface area contributed by atoms with Crippen LogP contribution in [-0.4, -0.2) is 31.4 Å². The van der Waals surface area contributed by atoms with Gasteiger partial charge in [0.2, 0.25) is 0 Å². The quantitative estimate of drug-likeness (QED) is 0.930. The van der Waals surface area contributed by atoms with E-state index in [-0.39, 0.29) is 5.54 Å². The predicted octanol–water partition coefficient (Wildman–Crippen LogP) is 2.12. The molecule has 2 rings (SSSR count). The van der Waals surface area contributed by atoms with Gasteiger partial charge in [-0.2, -0.15) is 15.0 Å². The van der Waals surface area contributed by atoms with Gasteiger partial charge in [-0.15, -0.1) is 0 Å². The zero-order valence-electron chi connectivity index (χ0n) is 13.4. The van der Waals surface area contributed by atoms with Crippen LogP contribution in [0.15, 0.2) is 24.7 Å². The van der Waals surface area contributed by atoms with Crippen molar-refractivity contribution in [2.24, 2.45) is 0 Å². The van der Waals surface area contributed by atoms with Crippen molar-refractivity contribution >= 4 is 6.09 Å². The summed E-state index contributed by atoms with van der Waals surface area (Å²) >= 11 is 0. The lowest BCUT2D eigenvalue weighted by molar-refractivity contribution is 0.0947.